The fourth-order valence-electron chi connectivity index (χ4n) is 3.26. The largest absolute Gasteiger partial charge is 0.458 e. The van der Waals surface area contributed by atoms with Crippen LogP contribution < -0.4 is 0 Å². The lowest BCUT2D eigenvalue weighted by molar-refractivity contribution is -0.00479. The first-order chi connectivity index (χ1) is 10.6. The fourth-order valence-corrected chi connectivity index (χ4v) is 3.26. The van der Waals surface area contributed by atoms with E-state index < -0.39 is 11.1 Å². The van der Waals surface area contributed by atoms with Crippen LogP contribution in [0.4, 0.5) is 4.79 Å². The molecule has 1 aliphatic rings. The third kappa shape index (κ3) is 2.71. The van der Waals surface area contributed by atoms with Crippen LogP contribution in [0.3, 0.4) is 0 Å². The highest BCUT2D eigenvalue weighted by molar-refractivity contribution is 5.84. The minimum atomic E-state index is -0.525. The molecule has 1 aromatic carbocycles. The van der Waals surface area contributed by atoms with Gasteiger partial charge in [0.05, 0.1) is 5.54 Å². The predicted octanol–water partition coefficient (Wildman–Crippen LogP) is 4.77. The Morgan fingerprint density at radius 1 is 1.30 bits per heavy atom. The lowest BCUT2D eigenvalue weighted by atomic mass is 9.89. The zero-order valence-electron chi connectivity index (χ0n) is 14.8. The molecule has 2 aromatic rings. The number of furan rings is 1. The first-order valence-corrected chi connectivity index (χ1v) is 8.13. The van der Waals surface area contributed by atoms with E-state index in [1.165, 1.54) is 11.1 Å². The molecule has 0 aliphatic carbocycles. The summed E-state index contributed by atoms with van der Waals surface area (Å²) in [5.74, 6) is 0.871. The van der Waals surface area contributed by atoms with Gasteiger partial charge in [-0.05, 0) is 59.6 Å². The van der Waals surface area contributed by atoms with E-state index in [9.17, 15) is 4.79 Å². The number of nitrogens with zero attached hydrogens (tertiary/aromatic N) is 1. The molecule has 0 saturated carbocycles. The predicted molar refractivity (Wildman–Crippen MR) is 90.6 cm³/mol. The maximum Gasteiger partial charge on any atom is 0.411 e. The van der Waals surface area contributed by atoms with E-state index in [-0.39, 0.29) is 6.09 Å². The highest BCUT2D eigenvalue weighted by Crippen LogP contribution is 2.41. The van der Waals surface area contributed by atoms with Gasteiger partial charge in [0.15, 0.2) is 0 Å². The quantitative estimate of drug-likeness (QED) is 0.703. The standard InChI is InChI=1S/C19H25NO3/c1-12-7-8-13-14-9-10-20(17(21)23-18(2,3)4)19(5,6)16(14)22-15(13)11-12/h7-8,11H,9-10H2,1-6H3. The van der Waals surface area contributed by atoms with Gasteiger partial charge in [-0.15, -0.1) is 0 Å². The van der Waals surface area contributed by atoms with Crippen molar-refractivity contribution < 1.29 is 13.9 Å². The van der Waals surface area contributed by atoms with Crippen molar-refractivity contribution in [3.8, 4) is 0 Å². The van der Waals surface area contributed by atoms with Gasteiger partial charge >= 0.3 is 6.09 Å². The van der Waals surface area contributed by atoms with Crippen molar-refractivity contribution in [3.05, 3.63) is 35.1 Å². The second kappa shape index (κ2) is 5.02. The van der Waals surface area contributed by atoms with Crippen LogP contribution in [0.1, 0.15) is 51.5 Å². The van der Waals surface area contributed by atoms with E-state index in [0.717, 1.165) is 23.2 Å². The van der Waals surface area contributed by atoms with E-state index in [1.54, 1.807) is 4.90 Å². The molecule has 0 atom stereocenters. The highest BCUT2D eigenvalue weighted by atomic mass is 16.6. The lowest BCUT2D eigenvalue weighted by Crippen LogP contribution is -2.51. The SMILES string of the molecule is Cc1ccc2c3c(oc2c1)C(C)(C)N(C(=O)OC(C)(C)C)CC3. The van der Waals surface area contributed by atoms with Crippen LogP contribution in [0.5, 0.6) is 0 Å². The maximum atomic E-state index is 12.6. The van der Waals surface area contributed by atoms with Crippen LogP contribution in [-0.2, 0) is 16.7 Å². The Bertz CT molecular complexity index is 765. The lowest BCUT2D eigenvalue weighted by Gasteiger charge is -2.41. The molecule has 1 amide bonds. The molecular formula is C19H25NO3. The number of rotatable bonds is 0. The second-order valence-corrected chi connectivity index (χ2v) is 7.85. The molecule has 4 heteroatoms. The minimum Gasteiger partial charge on any atom is -0.458 e. The number of fused-ring (bicyclic) bond motifs is 3. The zero-order chi connectivity index (χ0) is 17.0. The first kappa shape index (κ1) is 15.9. The monoisotopic (exact) mass is 315 g/mol. The van der Waals surface area contributed by atoms with E-state index >= 15 is 0 Å². The molecule has 1 aliphatic heterocycles. The van der Waals surface area contributed by atoms with Crippen LogP contribution >= 0.6 is 0 Å². The molecule has 0 radical (unpaired) electrons. The van der Waals surface area contributed by atoms with Crippen molar-refractivity contribution in [3.63, 3.8) is 0 Å². The normalized spacial score (nSPS) is 17.2. The molecule has 0 N–H and O–H groups in total. The number of carbonyl (C=O) groups excluding carboxylic acids is 1. The molecule has 4 nitrogen and oxygen atoms in total. The molecule has 0 fully saturated rings. The third-order valence-electron chi connectivity index (χ3n) is 4.38. The van der Waals surface area contributed by atoms with Crippen molar-refractivity contribution in [1.29, 1.82) is 0 Å². The van der Waals surface area contributed by atoms with Gasteiger partial charge in [-0.1, -0.05) is 12.1 Å². The van der Waals surface area contributed by atoms with Gasteiger partial charge in [0.25, 0.3) is 0 Å². The summed E-state index contributed by atoms with van der Waals surface area (Å²) in [6, 6.07) is 6.28. The Kier molecular flexibility index (Phi) is 3.47. The number of ether oxygens (including phenoxy) is 1. The summed E-state index contributed by atoms with van der Waals surface area (Å²) in [6.45, 7) is 12.4. The Hall–Kier alpha value is -1.97. The van der Waals surface area contributed by atoms with Gasteiger partial charge in [0.2, 0.25) is 0 Å². The highest BCUT2D eigenvalue weighted by Gasteiger charge is 2.43. The van der Waals surface area contributed by atoms with Gasteiger partial charge in [-0.2, -0.15) is 0 Å². The van der Waals surface area contributed by atoms with Crippen LogP contribution in [0.25, 0.3) is 11.0 Å². The number of hydrogen-bond acceptors (Lipinski definition) is 3. The molecule has 0 bridgehead atoms. The summed E-state index contributed by atoms with van der Waals surface area (Å²) in [4.78, 5) is 14.3. The summed E-state index contributed by atoms with van der Waals surface area (Å²) < 4.78 is 11.7. The van der Waals surface area contributed by atoms with E-state index in [4.69, 9.17) is 9.15 Å². The van der Waals surface area contributed by atoms with Crippen molar-refractivity contribution in [1.82, 2.24) is 4.90 Å². The van der Waals surface area contributed by atoms with E-state index in [0.29, 0.717) is 6.54 Å². The first-order valence-electron chi connectivity index (χ1n) is 8.13. The van der Waals surface area contributed by atoms with E-state index in [1.807, 2.05) is 34.6 Å². The fraction of sp³-hybridized carbons (Fsp3) is 0.526. The summed E-state index contributed by atoms with van der Waals surface area (Å²) in [5, 5.41) is 1.16. The number of amides is 1. The molecule has 1 aromatic heterocycles. The molecule has 124 valence electrons. The van der Waals surface area contributed by atoms with Crippen molar-refractivity contribution in [2.75, 3.05) is 6.54 Å². The number of hydrogen-bond donors (Lipinski definition) is 0. The van der Waals surface area contributed by atoms with Gasteiger partial charge in [0, 0.05) is 17.5 Å². The molecule has 0 unspecified atom stereocenters. The molecule has 0 spiro atoms. The van der Waals surface area contributed by atoms with Crippen molar-refractivity contribution >= 4 is 17.1 Å². The van der Waals surface area contributed by atoms with Crippen LogP contribution in [0.2, 0.25) is 0 Å². The smallest absolute Gasteiger partial charge is 0.411 e. The Labute approximate surface area is 137 Å². The second-order valence-electron chi connectivity index (χ2n) is 7.85. The van der Waals surface area contributed by atoms with Gasteiger partial charge in [0.1, 0.15) is 16.9 Å². The summed E-state index contributed by atoms with van der Waals surface area (Å²) >= 11 is 0. The minimum absolute atomic E-state index is 0.287. The molecule has 3 rings (SSSR count). The van der Waals surface area contributed by atoms with E-state index in [2.05, 4.69) is 25.1 Å². The number of aryl methyl sites for hydroxylation is 1. The van der Waals surface area contributed by atoms with Crippen molar-refractivity contribution in [2.24, 2.45) is 0 Å². The van der Waals surface area contributed by atoms with Gasteiger partial charge in [-0.3, -0.25) is 4.90 Å². The molecule has 23 heavy (non-hydrogen) atoms. The van der Waals surface area contributed by atoms with Gasteiger partial charge < -0.3 is 9.15 Å². The zero-order valence-corrected chi connectivity index (χ0v) is 14.8. The summed E-state index contributed by atoms with van der Waals surface area (Å²) in [5.41, 5.74) is 2.26. The average Bonchev–Trinajstić information content (AvgIpc) is 2.75. The van der Waals surface area contributed by atoms with Gasteiger partial charge in [-0.25, -0.2) is 4.79 Å². The number of carbonyl (C=O) groups is 1. The van der Waals surface area contributed by atoms with Crippen LogP contribution in [0.15, 0.2) is 22.6 Å². The molecule has 0 saturated heterocycles. The number of benzene rings is 1. The maximum absolute atomic E-state index is 12.6. The Morgan fingerprint density at radius 2 is 2.00 bits per heavy atom. The third-order valence-corrected chi connectivity index (χ3v) is 4.38. The summed E-state index contributed by atoms with van der Waals surface area (Å²) in [6.07, 6.45) is 0.499. The Balaban J connectivity index is 2.02. The Morgan fingerprint density at radius 3 is 2.65 bits per heavy atom. The van der Waals surface area contributed by atoms with Crippen LogP contribution in [-0.4, -0.2) is 23.1 Å². The topological polar surface area (TPSA) is 42.7 Å². The molecule has 2 heterocycles. The summed E-state index contributed by atoms with van der Waals surface area (Å²) in [7, 11) is 0. The molecular weight excluding hydrogens is 290 g/mol. The van der Waals surface area contributed by atoms with Crippen LogP contribution in [0, 0.1) is 6.92 Å². The van der Waals surface area contributed by atoms with Crippen molar-refractivity contribution in [2.45, 2.75) is 59.1 Å². The average molecular weight is 315 g/mol.